The SMILES string of the molecule is OCCOc1nccc2cc(Br)ccc12. The zero-order valence-corrected chi connectivity index (χ0v) is 9.57. The van der Waals surface area contributed by atoms with E-state index in [0.717, 1.165) is 15.2 Å². The van der Waals surface area contributed by atoms with Crippen molar-refractivity contribution >= 4 is 26.7 Å². The number of benzene rings is 1. The second kappa shape index (κ2) is 4.59. The van der Waals surface area contributed by atoms with E-state index in [-0.39, 0.29) is 13.2 Å². The fraction of sp³-hybridized carbons (Fsp3) is 0.182. The van der Waals surface area contributed by atoms with Gasteiger partial charge in [-0.25, -0.2) is 4.98 Å². The molecule has 0 saturated heterocycles. The number of aliphatic hydroxyl groups excluding tert-OH is 1. The molecule has 0 amide bonds. The Bertz CT molecular complexity index is 473. The zero-order chi connectivity index (χ0) is 10.7. The molecule has 0 aliphatic heterocycles. The molecule has 0 radical (unpaired) electrons. The predicted molar refractivity (Wildman–Crippen MR) is 62.0 cm³/mol. The van der Waals surface area contributed by atoms with Gasteiger partial charge in [0.15, 0.2) is 0 Å². The number of aliphatic hydroxyl groups is 1. The van der Waals surface area contributed by atoms with Gasteiger partial charge in [-0.3, -0.25) is 0 Å². The quantitative estimate of drug-likeness (QED) is 0.929. The van der Waals surface area contributed by atoms with Gasteiger partial charge in [0.2, 0.25) is 5.88 Å². The first-order valence-corrected chi connectivity index (χ1v) is 5.38. The van der Waals surface area contributed by atoms with E-state index in [1.165, 1.54) is 0 Å². The summed E-state index contributed by atoms with van der Waals surface area (Å²) >= 11 is 3.41. The monoisotopic (exact) mass is 267 g/mol. The number of fused-ring (bicyclic) bond motifs is 1. The van der Waals surface area contributed by atoms with Crippen molar-refractivity contribution in [2.24, 2.45) is 0 Å². The molecule has 0 fully saturated rings. The summed E-state index contributed by atoms with van der Waals surface area (Å²) in [6, 6.07) is 7.81. The van der Waals surface area contributed by atoms with Crippen LogP contribution in [0, 0.1) is 0 Å². The van der Waals surface area contributed by atoms with Crippen molar-refractivity contribution in [3.05, 3.63) is 34.9 Å². The molecule has 1 aromatic carbocycles. The van der Waals surface area contributed by atoms with Crippen LogP contribution in [-0.4, -0.2) is 23.3 Å². The molecule has 78 valence electrons. The van der Waals surface area contributed by atoms with Gasteiger partial charge < -0.3 is 9.84 Å². The molecular formula is C11H10BrNO2. The molecule has 2 aromatic rings. The van der Waals surface area contributed by atoms with Gasteiger partial charge in [-0.2, -0.15) is 0 Å². The number of nitrogens with zero attached hydrogens (tertiary/aromatic N) is 1. The second-order valence-corrected chi connectivity index (χ2v) is 3.97. The van der Waals surface area contributed by atoms with Crippen molar-refractivity contribution in [1.82, 2.24) is 4.98 Å². The summed E-state index contributed by atoms with van der Waals surface area (Å²) in [6.07, 6.45) is 1.70. The molecule has 2 rings (SSSR count). The standard InChI is InChI=1S/C11H10BrNO2/c12-9-1-2-10-8(7-9)3-4-13-11(10)15-6-5-14/h1-4,7,14H,5-6H2. The molecule has 0 spiro atoms. The largest absolute Gasteiger partial charge is 0.475 e. The number of aromatic nitrogens is 1. The maximum atomic E-state index is 8.68. The summed E-state index contributed by atoms with van der Waals surface area (Å²) in [5.41, 5.74) is 0. The summed E-state index contributed by atoms with van der Waals surface area (Å²) in [4.78, 5) is 4.13. The number of halogens is 1. The Kier molecular flexibility index (Phi) is 3.18. The lowest BCUT2D eigenvalue weighted by Crippen LogP contribution is -2.03. The third-order valence-electron chi connectivity index (χ3n) is 2.02. The van der Waals surface area contributed by atoms with Crippen LogP contribution in [0.2, 0.25) is 0 Å². The van der Waals surface area contributed by atoms with Crippen LogP contribution in [0.1, 0.15) is 0 Å². The highest BCUT2D eigenvalue weighted by molar-refractivity contribution is 9.10. The van der Waals surface area contributed by atoms with Crippen LogP contribution >= 0.6 is 15.9 Å². The Morgan fingerprint density at radius 2 is 2.20 bits per heavy atom. The Morgan fingerprint density at radius 3 is 3.00 bits per heavy atom. The molecule has 0 bridgehead atoms. The topological polar surface area (TPSA) is 42.4 Å². The van der Waals surface area contributed by atoms with Gasteiger partial charge in [0.25, 0.3) is 0 Å². The highest BCUT2D eigenvalue weighted by atomic mass is 79.9. The van der Waals surface area contributed by atoms with Gasteiger partial charge in [-0.05, 0) is 29.7 Å². The summed E-state index contributed by atoms with van der Waals surface area (Å²) in [5, 5.41) is 10.7. The van der Waals surface area contributed by atoms with Crippen molar-refractivity contribution in [3.63, 3.8) is 0 Å². The van der Waals surface area contributed by atoms with E-state index in [0.29, 0.717) is 5.88 Å². The van der Waals surface area contributed by atoms with E-state index in [4.69, 9.17) is 9.84 Å². The highest BCUT2D eigenvalue weighted by Crippen LogP contribution is 2.25. The van der Waals surface area contributed by atoms with Crippen LogP contribution < -0.4 is 4.74 Å². The van der Waals surface area contributed by atoms with Crippen molar-refractivity contribution < 1.29 is 9.84 Å². The summed E-state index contributed by atoms with van der Waals surface area (Å²) in [5.74, 6) is 0.564. The molecule has 1 aromatic heterocycles. The van der Waals surface area contributed by atoms with Gasteiger partial charge in [0, 0.05) is 16.1 Å². The third-order valence-corrected chi connectivity index (χ3v) is 2.51. The summed E-state index contributed by atoms with van der Waals surface area (Å²) in [6.45, 7) is 0.261. The summed E-state index contributed by atoms with van der Waals surface area (Å²) in [7, 11) is 0. The van der Waals surface area contributed by atoms with Gasteiger partial charge in [-0.15, -0.1) is 0 Å². The fourth-order valence-corrected chi connectivity index (χ4v) is 1.76. The minimum atomic E-state index is -0.00536. The Balaban J connectivity index is 2.46. The predicted octanol–water partition coefficient (Wildman–Crippen LogP) is 2.37. The molecule has 1 N–H and O–H groups in total. The number of pyridine rings is 1. The Labute approximate surface area is 95.8 Å². The number of rotatable bonds is 3. The van der Waals surface area contributed by atoms with Crippen molar-refractivity contribution in [2.75, 3.05) is 13.2 Å². The first kappa shape index (κ1) is 10.4. The molecule has 0 atom stereocenters. The molecule has 0 saturated carbocycles. The van der Waals surface area contributed by atoms with Gasteiger partial charge in [-0.1, -0.05) is 15.9 Å². The van der Waals surface area contributed by atoms with E-state index in [1.54, 1.807) is 6.20 Å². The van der Waals surface area contributed by atoms with Crippen LogP contribution in [0.5, 0.6) is 5.88 Å². The van der Waals surface area contributed by atoms with Crippen LogP contribution in [0.3, 0.4) is 0 Å². The number of hydrogen-bond donors (Lipinski definition) is 1. The van der Waals surface area contributed by atoms with Gasteiger partial charge >= 0.3 is 0 Å². The smallest absolute Gasteiger partial charge is 0.221 e. The maximum absolute atomic E-state index is 8.68. The Hall–Kier alpha value is -1.13. The first-order valence-electron chi connectivity index (χ1n) is 4.59. The Morgan fingerprint density at radius 1 is 1.33 bits per heavy atom. The molecular weight excluding hydrogens is 258 g/mol. The lowest BCUT2D eigenvalue weighted by molar-refractivity contribution is 0.198. The zero-order valence-electron chi connectivity index (χ0n) is 7.98. The van der Waals surface area contributed by atoms with Gasteiger partial charge in [0.05, 0.1) is 6.61 Å². The minimum absolute atomic E-state index is 0.00536. The summed E-state index contributed by atoms with van der Waals surface area (Å²) < 4.78 is 6.35. The minimum Gasteiger partial charge on any atom is -0.475 e. The molecule has 0 aliphatic carbocycles. The first-order chi connectivity index (χ1) is 7.31. The average Bonchev–Trinajstić information content (AvgIpc) is 2.25. The normalized spacial score (nSPS) is 10.5. The van der Waals surface area contributed by atoms with Crippen LogP contribution in [0.25, 0.3) is 10.8 Å². The van der Waals surface area contributed by atoms with E-state index < -0.39 is 0 Å². The van der Waals surface area contributed by atoms with Crippen LogP contribution in [0.4, 0.5) is 0 Å². The van der Waals surface area contributed by atoms with Crippen molar-refractivity contribution in [2.45, 2.75) is 0 Å². The fourth-order valence-electron chi connectivity index (χ4n) is 1.38. The molecule has 15 heavy (non-hydrogen) atoms. The van der Waals surface area contributed by atoms with E-state index >= 15 is 0 Å². The van der Waals surface area contributed by atoms with Crippen molar-refractivity contribution in [3.8, 4) is 5.88 Å². The molecule has 4 heteroatoms. The van der Waals surface area contributed by atoms with E-state index in [2.05, 4.69) is 20.9 Å². The van der Waals surface area contributed by atoms with E-state index in [9.17, 15) is 0 Å². The average molecular weight is 268 g/mol. The van der Waals surface area contributed by atoms with Gasteiger partial charge in [0.1, 0.15) is 6.61 Å². The third kappa shape index (κ3) is 2.27. The number of ether oxygens (including phenoxy) is 1. The molecule has 0 unspecified atom stereocenters. The maximum Gasteiger partial charge on any atom is 0.221 e. The second-order valence-electron chi connectivity index (χ2n) is 3.05. The van der Waals surface area contributed by atoms with E-state index in [1.807, 2.05) is 24.3 Å². The van der Waals surface area contributed by atoms with Crippen molar-refractivity contribution in [1.29, 1.82) is 0 Å². The molecule has 3 nitrogen and oxygen atoms in total. The molecule has 0 aliphatic rings. The van der Waals surface area contributed by atoms with Crippen LogP contribution in [-0.2, 0) is 0 Å². The highest BCUT2D eigenvalue weighted by Gasteiger charge is 2.03. The lowest BCUT2D eigenvalue weighted by atomic mass is 10.2. The number of hydrogen-bond acceptors (Lipinski definition) is 3. The molecule has 1 heterocycles. The lowest BCUT2D eigenvalue weighted by Gasteiger charge is -2.06. The van der Waals surface area contributed by atoms with Crippen LogP contribution in [0.15, 0.2) is 34.9 Å².